The maximum absolute atomic E-state index is 7.45. The van der Waals surface area contributed by atoms with E-state index >= 15 is 0 Å². The number of aryl methyl sites for hydroxylation is 1. The fourth-order valence-corrected chi connectivity index (χ4v) is 2.40. The second-order valence-electron chi connectivity index (χ2n) is 4.85. The summed E-state index contributed by atoms with van der Waals surface area (Å²) in [5, 5.41) is 8.59. The van der Waals surface area contributed by atoms with Crippen LogP contribution in [0.2, 0.25) is 0 Å². The maximum atomic E-state index is 7.45. The van der Waals surface area contributed by atoms with Crippen LogP contribution >= 0.6 is 0 Å². The lowest BCUT2D eigenvalue weighted by Gasteiger charge is -2.06. The average Bonchev–Trinajstić information content (AvgIpc) is 2.84. The van der Waals surface area contributed by atoms with Gasteiger partial charge in [-0.1, -0.05) is 42.0 Å². The molecule has 3 aromatic rings. The molecule has 0 saturated carbocycles. The van der Waals surface area contributed by atoms with Crippen LogP contribution in [0.15, 0.2) is 54.7 Å². The van der Waals surface area contributed by atoms with E-state index in [9.17, 15) is 0 Å². The standard InChI is InChI=1S/C17H16N2/c1-13-5-7-14(8-6-13)12-19-10-9-16-15(11-18)3-2-4-17(16)19/h2-11,18H,12H2,1H3. The zero-order valence-electron chi connectivity index (χ0n) is 10.9. The summed E-state index contributed by atoms with van der Waals surface area (Å²) < 4.78 is 2.23. The molecule has 2 nitrogen and oxygen atoms in total. The quantitative estimate of drug-likeness (QED) is 0.679. The highest BCUT2D eigenvalue weighted by molar-refractivity contribution is 5.97. The van der Waals surface area contributed by atoms with Gasteiger partial charge in [-0.25, -0.2) is 0 Å². The van der Waals surface area contributed by atoms with Gasteiger partial charge in [-0.15, -0.1) is 0 Å². The average molecular weight is 248 g/mol. The van der Waals surface area contributed by atoms with Crippen LogP contribution in [0.5, 0.6) is 0 Å². The molecule has 94 valence electrons. The second kappa shape index (κ2) is 4.73. The van der Waals surface area contributed by atoms with E-state index in [2.05, 4.69) is 54.1 Å². The van der Waals surface area contributed by atoms with E-state index < -0.39 is 0 Å². The molecule has 0 spiro atoms. The van der Waals surface area contributed by atoms with Crippen LogP contribution in [0.3, 0.4) is 0 Å². The summed E-state index contributed by atoms with van der Waals surface area (Å²) in [5.74, 6) is 0. The number of rotatable bonds is 3. The molecule has 3 rings (SSSR count). The fraction of sp³-hybridized carbons (Fsp3) is 0.118. The highest BCUT2D eigenvalue weighted by Gasteiger charge is 2.04. The van der Waals surface area contributed by atoms with Crippen LogP contribution in [0.1, 0.15) is 16.7 Å². The lowest BCUT2D eigenvalue weighted by Crippen LogP contribution is -1.97. The highest BCUT2D eigenvalue weighted by Crippen LogP contribution is 2.20. The number of benzene rings is 2. The molecule has 0 radical (unpaired) electrons. The number of fused-ring (bicyclic) bond motifs is 1. The predicted molar refractivity (Wildman–Crippen MR) is 80.1 cm³/mol. The van der Waals surface area contributed by atoms with E-state index in [1.54, 1.807) is 0 Å². The van der Waals surface area contributed by atoms with E-state index in [0.29, 0.717) is 0 Å². The van der Waals surface area contributed by atoms with Crippen molar-refractivity contribution >= 4 is 17.1 Å². The number of nitrogens with one attached hydrogen (secondary N) is 1. The Morgan fingerprint density at radius 2 is 1.84 bits per heavy atom. The Morgan fingerprint density at radius 1 is 1.05 bits per heavy atom. The SMILES string of the molecule is Cc1ccc(Cn2ccc3c(C=N)cccc32)cc1. The molecule has 0 aliphatic rings. The minimum absolute atomic E-state index is 0.866. The molecule has 2 heteroatoms. The normalized spacial score (nSPS) is 10.8. The molecule has 19 heavy (non-hydrogen) atoms. The molecule has 1 heterocycles. The third-order valence-corrected chi connectivity index (χ3v) is 3.48. The molecule has 0 fully saturated rings. The Kier molecular flexibility index (Phi) is 2.92. The van der Waals surface area contributed by atoms with Crippen molar-refractivity contribution in [3.8, 4) is 0 Å². The topological polar surface area (TPSA) is 28.8 Å². The van der Waals surface area contributed by atoms with E-state index in [4.69, 9.17) is 5.41 Å². The molecule has 0 aliphatic carbocycles. The van der Waals surface area contributed by atoms with Gasteiger partial charge in [0.15, 0.2) is 0 Å². The van der Waals surface area contributed by atoms with Crippen molar-refractivity contribution in [3.05, 3.63) is 71.4 Å². The van der Waals surface area contributed by atoms with Crippen LogP contribution in [0.4, 0.5) is 0 Å². The lowest BCUT2D eigenvalue weighted by atomic mass is 10.1. The van der Waals surface area contributed by atoms with Gasteiger partial charge in [-0.05, 0) is 24.6 Å². The summed E-state index contributed by atoms with van der Waals surface area (Å²) in [7, 11) is 0. The summed E-state index contributed by atoms with van der Waals surface area (Å²) >= 11 is 0. The molecule has 0 aliphatic heterocycles. The summed E-state index contributed by atoms with van der Waals surface area (Å²) in [6.45, 7) is 2.97. The maximum Gasteiger partial charge on any atom is 0.0490 e. The molecular weight excluding hydrogens is 232 g/mol. The molecule has 0 unspecified atom stereocenters. The number of nitrogens with zero attached hydrogens (tertiary/aromatic N) is 1. The first kappa shape index (κ1) is 11.7. The number of hydrogen-bond donors (Lipinski definition) is 1. The minimum Gasteiger partial charge on any atom is -0.343 e. The summed E-state index contributed by atoms with van der Waals surface area (Å²) in [5.41, 5.74) is 4.73. The Bertz CT molecular complexity index is 721. The van der Waals surface area contributed by atoms with Gasteiger partial charge in [-0.3, -0.25) is 0 Å². The first-order valence-electron chi connectivity index (χ1n) is 6.42. The third kappa shape index (κ3) is 2.17. The zero-order valence-corrected chi connectivity index (χ0v) is 10.9. The van der Waals surface area contributed by atoms with Crippen molar-refractivity contribution in [2.45, 2.75) is 13.5 Å². The molecule has 1 aromatic heterocycles. The first-order chi connectivity index (χ1) is 9.28. The van der Waals surface area contributed by atoms with Gasteiger partial charge >= 0.3 is 0 Å². The lowest BCUT2D eigenvalue weighted by molar-refractivity contribution is 0.836. The first-order valence-corrected chi connectivity index (χ1v) is 6.42. The van der Waals surface area contributed by atoms with Crippen molar-refractivity contribution in [1.82, 2.24) is 4.57 Å². The van der Waals surface area contributed by atoms with E-state index in [1.165, 1.54) is 22.9 Å². The highest BCUT2D eigenvalue weighted by atomic mass is 14.9. The molecule has 0 bridgehead atoms. The Balaban J connectivity index is 2.02. The molecule has 1 N–H and O–H groups in total. The molecule has 0 amide bonds. The van der Waals surface area contributed by atoms with E-state index in [0.717, 1.165) is 17.5 Å². The zero-order chi connectivity index (χ0) is 13.2. The van der Waals surface area contributed by atoms with Gasteiger partial charge in [0, 0.05) is 35.4 Å². The minimum atomic E-state index is 0.866. The van der Waals surface area contributed by atoms with Gasteiger partial charge in [0.25, 0.3) is 0 Å². The Labute approximate surface area is 112 Å². The van der Waals surface area contributed by atoms with Crippen LogP contribution in [0.25, 0.3) is 10.9 Å². The smallest absolute Gasteiger partial charge is 0.0490 e. The van der Waals surface area contributed by atoms with Crippen molar-refractivity contribution in [2.24, 2.45) is 0 Å². The van der Waals surface area contributed by atoms with Crippen LogP contribution in [-0.2, 0) is 6.54 Å². The van der Waals surface area contributed by atoms with Gasteiger partial charge in [0.2, 0.25) is 0 Å². The van der Waals surface area contributed by atoms with Gasteiger partial charge in [-0.2, -0.15) is 0 Å². The Hall–Kier alpha value is -2.35. The second-order valence-corrected chi connectivity index (χ2v) is 4.85. The van der Waals surface area contributed by atoms with E-state index in [1.807, 2.05) is 12.1 Å². The van der Waals surface area contributed by atoms with Crippen LogP contribution < -0.4 is 0 Å². The van der Waals surface area contributed by atoms with Gasteiger partial charge < -0.3 is 9.98 Å². The molecule has 0 atom stereocenters. The van der Waals surface area contributed by atoms with Crippen LogP contribution in [-0.4, -0.2) is 10.8 Å². The molecule has 0 saturated heterocycles. The molecule has 2 aromatic carbocycles. The van der Waals surface area contributed by atoms with Gasteiger partial charge in [0.1, 0.15) is 0 Å². The van der Waals surface area contributed by atoms with Crippen molar-refractivity contribution < 1.29 is 0 Å². The van der Waals surface area contributed by atoms with Crippen molar-refractivity contribution in [2.75, 3.05) is 0 Å². The van der Waals surface area contributed by atoms with Crippen LogP contribution in [0, 0.1) is 12.3 Å². The number of hydrogen-bond acceptors (Lipinski definition) is 1. The van der Waals surface area contributed by atoms with Gasteiger partial charge in [0.05, 0.1) is 0 Å². The summed E-state index contributed by atoms with van der Waals surface area (Å²) in [4.78, 5) is 0. The fourth-order valence-electron chi connectivity index (χ4n) is 2.40. The van der Waals surface area contributed by atoms with Crippen molar-refractivity contribution in [1.29, 1.82) is 5.41 Å². The third-order valence-electron chi connectivity index (χ3n) is 3.48. The largest absolute Gasteiger partial charge is 0.343 e. The Morgan fingerprint density at radius 3 is 2.58 bits per heavy atom. The molecular formula is C17H16N2. The summed E-state index contributed by atoms with van der Waals surface area (Å²) in [6.07, 6.45) is 3.51. The summed E-state index contributed by atoms with van der Waals surface area (Å²) in [6, 6.07) is 16.8. The monoisotopic (exact) mass is 248 g/mol. The van der Waals surface area contributed by atoms with E-state index in [-0.39, 0.29) is 0 Å². The van der Waals surface area contributed by atoms with Crippen molar-refractivity contribution in [3.63, 3.8) is 0 Å². The number of aromatic nitrogens is 1. The predicted octanol–water partition coefficient (Wildman–Crippen LogP) is 4.00.